The van der Waals surface area contributed by atoms with E-state index in [2.05, 4.69) is 6.92 Å². The first-order valence-electron chi connectivity index (χ1n) is 6.54. The van der Waals surface area contributed by atoms with Crippen LogP contribution < -0.4 is 4.90 Å². The zero-order chi connectivity index (χ0) is 15.1. The lowest BCUT2D eigenvalue weighted by Crippen LogP contribution is -2.36. The van der Waals surface area contributed by atoms with Crippen LogP contribution in [0.4, 0.5) is 11.4 Å². The highest BCUT2D eigenvalue weighted by atomic mass is 16.6. The zero-order valence-corrected chi connectivity index (χ0v) is 12.0. The van der Waals surface area contributed by atoms with Crippen LogP contribution in [0.1, 0.15) is 30.6 Å². The second kappa shape index (κ2) is 7.59. The van der Waals surface area contributed by atoms with Crippen LogP contribution in [0.15, 0.2) is 18.2 Å². The van der Waals surface area contributed by atoms with Crippen LogP contribution >= 0.6 is 0 Å². The molecule has 20 heavy (non-hydrogen) atoms. The zero-order valence-electron chi connectivity index (χ0n) is 12.0. The van der Waals surface area contributed by atoms with Crippen molar-refractivity contribution in [2.45, 2.75) is 26.3 Å². The Morgan fingerprint density at radius 3 is 2.70 bits per heavy atom. The van der Waals surface area contributed by atoms with Crippen LogP contribution in [0.25, 0.3) is 0 Å². The maximum absolute atomic E-state index is 11.2. The largest absolute Gasteiger partial charge is 0.383 e. The number of nitro groups is 1. The molecular formula is C14H20N2O4. The third kappa shape index (κ3) is 3.77. The van der Waals surface area contributed by atoms with Gasteiger partial charge in [0.2, 0.25) is 0 Å². The molecule has 0 heterocycles. The third-order valence-corrected chi connectivity index (χ3v) is 3.32. The van der Waals surface area contributed by atoms with E-state index in [0.29, 0.717) is 30.7 Å². The van der Waals surface area contributed by atoms with Gasteiger partial charge in [-0.15, -0.1) is 0 Å². The highest BCUT2D eigenvalue weighted by Gasteiger charge is 2.18. The summed E-state index contributed by atoms with van der Waals surface area (Å²) in [5, 5.41) is 10.8. The first-order valence-corrected chi connectivity index (χ1v) is 6.54. The molecule has 0 N–H and O–H groups in total. The number of anilines is 1. The number of aldehydes is 1. The van der Waals surface area contributed by atoms with Gasteiger partial charge in [0.15, 0.2) is 6.29 Å². The molecule has 1 aromatic carbocycles. The minimum atomic E-state index is -0.500. The molecule has 6 nitrogen and oxygen atoms in total. The molecule has 0 amide bonds. The van der Waals surface area contributed by atoms with Gasteiger partial charge in [-0.3, -0.25) is 14.9 Å². The van der Waals surface area contributed by atoms with Crippen molar-refractivity contribution in [2.75, 3.05) is 25.2 Å². The number of methoxy groups -OCH3 is 1. The predicted octanol–water partition coefficient (Wildman–Crippen LogP) is 2.66. The van der Waals surface area contributed by atoms with E-state index < -0.39 is 4.92 Å². The molecule has 0 aliphatic heterocycles. The van der Waals surface area contributed by atoms with Gasteiger partial charge in [-0.1, -0.05) is 6.92 Å². The minimum Gasteiger partial charge on any atom is -0.383 e. The number of carbonyl (C=O) groups is 1. The average Bonchev–Trinajstić information content (AvgIpc) is 2.47. The van der Waals surface area contributed by atoms with Crippen molar-refractivity contribution in [1.82, 2.24) is 0 Å². The van der Waals surface area contributed by atoms with Crippen molar-refractivity contribution in [3.8, 4) is 0 Å². The van der Waals surface area contributed by atoms with Crippen molar-refractivity contribution >= 4 is 17.7 Å². The maximum atomic E-state index is 11.2. The molecule has 110 valence electrons. The monoisotopic (exact) mass is 280 g/mol. The van der Waals surface area contributed by atoms with Gasteiger partial charge in [0.25, 0.3) is 5.69 Å². The summed E-state index contributed by atoms with van der Waals surface area (Å²) < 4.78 is 5.09. The molecule has 0 spiro atoms. The molecular weight excluding hydrogens is 260 g/mol. The van der Waals surface area contributed by atoms with Gasteiger partial charge in [0, 0.05) is 43.1 Å². The van der Waals surface area contributed by atoms with E-state index in [-0.39, 0.29) is 11.7 Å². The normalized spacial score (nSPS) is 11.9. The van der Waals surface area contributed by atoms with Gasteiger partial charge in [-0.2, -0.15) is 0 Å². The molecule has 0 saturated heterocycles. The Hall–Kier alpha value is -1.95. The fourth-order valence-electron chi connectivity index (χ4n) is 2.00. The Kier molecular flexibility index (Phi) is 6.11. The van der Waals surface area contributed by atoms with Gasteiger partial charge in [-0.05, 0) is 19.4 Å². The molecule has 0 aliphatic rings. The number of benzene rings is 1. The first kappa shape index (κ1) is 16.1. The van der Waals surface area contributed by atoms with E-state index in [1.54, 1.807) is 13.2 Å². The predicted molar refractivity (Wildman–Crippen MR) is 77.5 cm³/mol. The fourth-order valence-corrected chi connectivity index (χ4v) is 2.00. The summed E-state index contributed by atoms with van der Waals surface area (Å²) in [5.41, 5.74) is 0.958. The number of rotatable bonds is 8. The summed E-state index contributed by atoms with van der Waals surface area (Å²) in [4.78, 5) is 23.5. The van der Waals surface area contributed by atoms with Gasteiger partial charge in [0.1, 0.15) is 0 Å². The molecule has 1 rings (SSSR count). The third-order valence-electron chi connectivity index (χ3n) is 3.32. The summed E-state index contributed by atoms with van der Waals surface area (Å²) >= 11 is 0. The topological polar surface area (TPSA) is 72.7 Å². The van der Waals surface area contributed by atoms with E-state index in [4.69, 9.17) is 4.74 Å². The Morgan fingerprint density at radius 1 is 1.50 bits per heavy atom. The Balaban J connectivity index is 3.17. The second-order valence-corrected chi connectivity index (χ2v) is 4.56. The highest BCUT2D eigenvalue weighted by molar-refractivity contribution is 5.86. The Morgan fingerprint density at radius 2 is 2.20 bits per heavy atom. The smallest absolute Gasteiger partial charge is 0.270 e. The van der Waals surface area contributed by atoms with Crippen LogP contribution in [0.2, 0.25) is 0 Å². The number of nitrogens with zero attached hydrogens (tertiary/aromatic N) is 2. The van der Waals surface area contributed by atoms with Crippen molar-refractivity contribution < 1.29 is 14.5 Å². The second-order valence-electron chi connectivity index (χ2n) is 4.56. The summed E-state index contributed by atoms with van der Waals surface area (Å²) in [5.74, 6) is 0. The summed E-state index contributed by atoms with van der Waals surface area (Å²) in [6.07, 6.45) is 1.56. The molecule has 1 atom stereocenters. The fraction of sp³-hybridized carbons (Fsp3) is 0.500. The molecule has 1 aromatic rings. The van der Waals surface area contributed by atoms with Crippen molar-refractivity contribution in [3.05, 3.63) is 33.9 Å². The lowest BCUT2D eigenvalue weighted by atomic mass is 10.1. The summed E-state index contributed by atoms with van der Waals surface area (Å²) in [6.45, 7) is 5.26. The summed E-state index contributed by atoms with van der Waals surface area (Å²) in [6, 6.07) is 4.57. The number of nitro benzene ring substituents is 1. The van der Waals surface area contributed by atoms with Crippen molar-refractivity contribution in [3.63, 3.8) is 0 Å². The number of hydrogen-bond donors (Lipinski definition) is 0. The molecule has 6 heteroatoms. The molecule has 0 aromatic heterocycles. The molecule has 1 unspecified atom stereocenters. The highest BCUT2D eigenvalue weighted by Crippen LogP contribution is 2.26. The van der Waals surface area contributed by atoms with Gasteiger partial charge < -0.3 is 9.64 Å². The van der Waals surface area contributed by atoms with Crippen LogP contribution in [-0.2, 0) is 4.74 Å². The quantitative estimate of drug-likeness (QED) is 0.416. The van der Waals surface area contributed by atoms with E-state index in [0.717, 1.165) is 6.42 Å². The average molecular weight is 280 g/mol. The lowest BCUT2D eigenvalue weighted by molar-refractivity contribution is -0.384. The first-order chi connectivity index (χ1) is 9.54. The number of non-ortho nitro benzene ring substituents is 1. The van der Waals surface area contributed by atoms with Gasteiger partial charge >= 0.3 is 0 Å². The van der Waals surface area contributed by atoms with Crippen LogP contribution in [-0.4, -0.2) is 37.5 Å². The van der Waals surface area contributed by atoms with Crippen molar-refractivity contribution in [2.24, 2.45) is 0 Å². The number of carbonyl (C=O) groups excluding carboxylic acids is 1. The van der Waals surface area contributed by atoms with Crippen molar-refractivity contribution in [1.29, 1.82) is 0 Å². The van der Waals surface area contributed by atoms with Crippen LogP contribution in [0, 0.1) is 10.1 Å². The molecule has 0 saturated carbocycles. The van der Waals surface area contributed by atoms with Crippen LogP contribution in [0.5, 0.6) is 0 Å². The van der Waals surface area contributed by atoms with E-state index in [1.165, 1.54) is 12.1 Å². The van der Waals surface area contributed by atoms with E-state index in [1.807, 2.05) is 11.8 Å². The SMILES string of the molecule is CCC(C)N(CCOC)c1ccc([N+](=O)[O-])cc1C=O. The molecule has 0 radical (unpaired) electrons. The van der Waals surface area contributed by atoms with E-state index in [9.17, 15) is 14.9 Å². The van der Waals surface area contributed by atoms with Gasteiger partial charge in [-0.25, -0.2) is 0 Å². The minimum absolute atomic E-state index is 0.0771. The molecule has 0 fully saturated rings. The maximum Gasteiger partial charge on any atom is 0.270 e. The van der Waals surface area contributed by atoms with Gasteiger partial charge in [0.05, 0.1) is 11.5 Å². The molecule has 0 aliphatic carbocycles. The number of hydrogen-bond acceptors (Lipinski definition) is 5. The Bertz CT molecular complexity index is 476. The standard InChI is InChI=1S/C14H20N2O4/c1-4-11(2)15(7-8-20-3)14-6-5-13(16(18)19)9-12(14)10-17/h5-6,9-11H,4,7-8H2,1-3H3. The van der Waals surface area contributed by atoms with Crippen LogP contribution in [0.3, 0.4) is 0 Å². The van der Waals surface area contributed by atoms with E-state index >= 15 is 0 Å². The lowest BCUT2D eigenvalue weighted by Gasteiger charge is -2.31. The number of ether oxygens (including phenoxy) is 1. The summed E-state index contributed by atoms with van der Waals surface area (Å²) in [7, 11) is 1.62. The Labute approximate surface area is 118 Å². The molecule has 0 bridgehead atoms.